The van der Waals surface area contributed by atoms with Crippen molar-refractivity contribution < 1.29 is 4.79 Å². The van der Waals surface area contributed by atoms with Crippen LogP contribution in [0.3, 0.4) is 0 Å². The Morgan fingerprint density at radius 2 is 1.93 bits per heavy atom. The number of nitrogens with one attached hydrogen (secondary N) is 2. The first-order valence-corrected chi connectivity index (χ1v) is 9.57. The van der Waals surface area contributed by atoms with Crippen molar-refractivity contribution in [1.29, 1.82) is 0 Å². The Morgan fingerprint density at radius 1 is 1.22 bits per heavy atom. The molecule has 0 unspecified atom stereocenters. The van der Waals surface area contributed by atoms with Crippen LogP contribution in [0.4, 0.5) is 4.79 Å². The van der Waals surface area contributed by atoms with E-state index in [2.05, 4.69) is 52.7 Å². The van der Waals surface area contributed by atoms with Crippen molar-refractivity contribution in [3.8, 4) is 0 Å². The van der Waals surface area contributed by atoms with Gasteiger partial charge in [-0.15, -0.1) is 0 Å². The van der Waals surface area contributed by atoms with Crippen LogP contribution >= 0.6 is 0 Å². The zero-order valence-electron chi connectivity index (χ0n) is 17.2. The van der Waals surface area contributed by atoms with Gasteiger partial charge in [0.1, 0.15) is 0 Å². The third kappa shape index (κ3) is 7.43. The van der Waals surface area contributed by atoms with Crippen LogP contribution in [0.5, 0.6) is 0 Å². The molecule has 0 aliphatic carbocycles. The molecule has 2 atom stereocenters. The molecule has 0 saturated carbocycles. The molecule has 2 aromatic rings. The number of rotatable bonds is 9. The van der Waals surface area contributed by atoms with Gasteiger partial charge in [0.25, 0.3) is 0 Å². The quantitative estimate of drug-likeness (QED) is 0.712. The highest BCUT2D eigenvalue weighted by molar-refractivity contribution is 5.74. The second-order valence-corrected chi connectivity index (χ2v) is 7.72. The van der Waals surface area contributed by atoms with Gasteiger partial charge in [-0.1, -0.05) is 37.3 Å². The number of aromatic nitrogens is 2. The number of carbonyl (C=O) groups is 1. The van der Waals surface area contributed by atoms with Crippen LogP contribution in [0, 0.1) is 19.8 Å². The number of urea groups is 1. The number of hydrogen-bond acceptors (Lipinski definition) is 3. The number of benzene rings is 1. The van der Waals surface area contributed by atoms with E-state index in [1.54, 1.807) is 0 Å². The lowest BCUT2D eigenvalue weighted by molar-refractivity contribution is 0.230. The van der Waals surface area contributed by atoms with Gasteiger partial charge in [0.2, 0.25) is 0 Å². The first-order valence-electron chi connectivity index (χ1n) is 9.57. The first kappa shape index (κ1) is 21.0. The van der Waals surface area contributed by atoms with Gasteiger partial charge in [-0.05, 0) is 51.9 Å². The minimum absolute atomic E-state index is 0.0636. The topological polar surface area (TPSA) is 62.2 Å². The minimum atomic E-state index is -0.113. The number of nitrogens with zero attached hydrogens (tertiary/aromatic N) is 3. The fraction of sp³-hybridized carbons (Fsp3) is 0.524. The molecule has 0 spiro atoms. The lowest BCUT2D eigenvalue weighted by Gasteiger charge is -2.23. The van der Waals surface area contributed by atoms with Gasteiger partial charge in [-0.2, -0.15) is 5.10 Å². The van der Waals surface area contributed by atoms with Crippen molar-refractivity contribution in [1.82, 2.24) is 25.3 Å². The van der Waals surface area contributed by atoms with E-state index in [4.69, 9.17) is 0 Å². The smallest absolute Gasteiger partial charge is 0.315 e. The molecule has 148 valence electrons. The predicted molar refractivity (Wildman–Crippen MR) is 110 cm³/mol. The lowest BCUT2D eigenvalue weighted by Crippen LogP contribution is -2.48. The molecule has 0 saturated heterocycles. The molecule has 0 radical (unpaired) electrons. The van der Waals surface area contributed by atoms with Crippen LogP contribution in [0.2, 0.25) is 0 Å². The summed E-state index contributed by atoms with van der Waals surface area (Å²) in [5.74, 6) is 0.301. The van der Waals surface area contributed by atoms with E-state index in [0.29, 0.717) is 12.5 Å². The maximum atomic E-state index is 12.4. The summed E-state index contributed by atoms with van der Waals surface area (Å²) in [7, 11) is 4.04. The van der Waals surface area contributed by atoms with Crippen LogP contribution < -0.4 is 10.6 Å². The van der Waals surface area contributed by atoms with Crippen molar-refractivity contribution in [3.63, 3.8) is 0 Å². The molecule has 1 aromatic carbocycles. The molecule has 6 heteroatoms. The van der Waals surface area contributed by atoms with Crippen molar-refractivity contribution >= 4 is 6.03 Å². The minimum Gasteiger partial charge on any atom is -0.338 e. The molecule has 1 heterocycles. The maximum absolute atomic E-state index is 12.4. The zero-order valence-corrected chi connectivity index (χ0v) is 17.2. The fourth-order valence-electron chi connectivity index (χ4n) is 3.22. The second kappa shape index (κ2) is 10.1. The lowest BCUT2D eigenvalue weighted by atomic mass is 10.1. The standard InChI is InChI=1S/C21H33N5O/c1-16(14-26-18(3)11-17(2)24-26)13-22-21(27)23-20(15-25(4)5)12-19-9-7-6-8-10-19/h6-11,16,20H,12-15H2,1-5H3,(H2,22,23,27)/t16-,20-/m0/s1. The number of amides is 2. The van der Waals surface area contributed by atoms with Crippen molar-refractivity contribution in [3.05, 3.63) is 53.3 Å². The number of aryl methyl sites for hydroxylation is 2. The monoisotopic (exact) mass is 371 g/mol. The van der Waals surface area contributed by atoms with Crippen molar-refractivity contribution in [2.24, 2.45) is 5.92 Å². The Bertz CT molecular complexity index is 711. The van der Waals surface area contributed by atoms with Gasteiger partial charge >= 0.3 is 6.03 Å². The molecule has 0 aliphatic heterocycles. The average Bonchev–Trinajstić information content (AvgIpc) is 2.90. The van der Waals surface area contributed by atoms with E-state index in [1.165, 1.54) is 5.56 Å². The summed E-state index contributed by atoms with van der Waals surface area (Å²) in [4.78, 5) is 14.5. The van der Waals surface area contributed by atoms with Crippen molar-refractivity contribution in [2.75, 3.05) is 27.2 Å². The summed E-state index contributed by atoms with van der Waals surface area (Å²) >= 11 is 0. The summed E-state index contributed by atoms with van der Waals surface area (Å²) in [5, 5.41) is 10.6. The predicted octanol–water partition coefficient (Wildman–Crippen LogP) is 2.61. The number of likely N-dealkylation sites (N-methyl/N-ethyl adjacent to an activating group) is 1. The van der Waals surface area contributed by atoms with Crippen LogP contribution in [0.15, 0.2) is 36.4 Å². The summed E-state index contributed by atoms with van der Waals surface area (Å²) in [6.45, 7) is 8.39. The van der Waals surface area contributed by atoms with Gasteiger partial charge in [0.15, 0.2) is 0 Å². The van der Waals surface area contributed by atoms with Gasteiger partial charge in [-0.3, -0.25) is 4.68 Å². The first-order chi connectivity index (χ1) is 12.8. The second-order valence-electron chi connectivity index (χ2n) is 7.72. The molecule has 0 aliphatic rings. The third-order valence-electron chi connectivity index (χ3n) is 4.44. The highest BCUT2D eigenvalue weighted by Crippen LogP contribution is 2.06. The summed E-state index contributed by atoms with van der Waals surface area (Å²) < 4.78 is 2.00. The van der Waals surface area contributed by atoms with Gasteiger partial charge in [0, 0.05) is 31.4 Å². The highest BCUT2D eigenvalue weighted by atomic mass is 16.2. The van der Waals surface area contributed by atoms with Crippen LogP contribution in [-0.4, -0.2) is 53.9 Å². The van der Waals surface area contributed by atoms with E-state index in [0.717, 1.165) is 30.9 Å². The molecule has 2 N–H and O–H groups in total. The van der Waals surface area contributed by atoms with Gasteiger partial charge in [-0.25, -0.2) is 4.79 Å². The number of carbonyl (C=O) groups excluding carboxylic acids is 1. The van der Waals surface area contributed by atoms with Crippen LogP contribution in [-0.2, 0) is 13.0 Å². The highest BCUT2D eigenvalue weighted by Gasteiger charge is 2.15. The zero-order chi connectivity index (χ0) is 19.8. The Kier molecular flexibility index (Phi) is 7.85. The van der Waals surface area contributed by atoms with E-state index in [9.17, 15) is 4.79 Å². The molecular weight excluding hydrogens is 338 g/mol. The molecule has 27 heavy (non-hydrogen) atoms. The Hall–Kier alpha value is -2.34. The Labute approximate surface area is 162 Å². The van der Waals surface area contributed by atoms with Gasteiger partial charge in [0.05, 0.1) is 5.69 Å². The van der Waals surface area contributed by atoms with E-state index in [1.807, 2.05) is 43.9 Å². The van der Waals surface area contributed by atoms with Crippen LogP contribution in [0.25, 0.3) is 0 Å². The average molecular weight is 372 g/mol. The Morgan fingerprint density at radius 3 is 2.52 bits per heavy atom. The molecule has 2 rings (SSSR count). The fourth-order valence-corrected chi connectivity index (χ4v) is 3.22. The molecule has 1 aromatic heterocycles. The number of hydrogen-bond donors (Lipinski definition) is 2. The van der Waals surface area contributed by atoms with E-state index >= 15 is 0 Å². The summed E-state index contributed by atoms with van der Waals surface area (Å²) in [6.07, 6.45) is 0.813. The van der Waals surface area contributed by atoms with Crippen molar-refractivity contribution in [2.45, 2.75) is 39.8 Å². The largest absolute Gasteiger partial charge is 0.338 e. The summed E-state index contributed by atoms with van der Waals surface area (Å²) in [5.41, 5.74) is 3.40. The van der Waals surface area contributed by atoms with E-state index in [-0.39, 0.29) is 12.1 Å². The molecule has 2 amide bonds. The summed E-state index contributed by atoms with van der Waals surface area (Å²) in [6, 6.07) is 12.3. The Balaban J connectivity index is 1.82. The van der Waals surface area contributed by atoms with Gasteiger partial charge < -0.3 is 15.5 Å². The molecule has 0 fully saturated rings. The normalized spacial score (nSPS) is 13.4. The van der Waals surface area contributed by atoms with E-state index < -0.39 is 0 Å². The van der Waals surface area contributed by atoms with Crippen LogP contribution in [0.1, 0.15) is 23.9 Å². The molecule has 6 nitrogen and oxygen atoms in total. The SMILES string of the molecule is Cc1cc(C)n(C[C@@H](C)CNC(=O)N[C@@H](Cc2ccccc2)CN(C)C)n1. The maximum Gasteiger partial charge on any atom is 0.315 e. The molecule has 0 bridgehead atoms. The third-order valence-corrected chi connectivity index (χ3v) is 4.44. The molecular formula is C21H33N5O.